The summed E-state index contributed by atoms with van der Waals surface area (Å²) in [6, 6.07) is 7.90. The molecule has 1 aromatic carbocycles. The zero-order chi connectivity index (χ0) is 16.7. The lowest BCUT2D eigenvalue weighted by Crippen LogP contribution is -2.22. The van der Waals surface area contributed by atoms with Gasteiger partial charge in [0, 0.05) is 12.2 Å². The molecule has 0 aliphatic rings. The summed E-state index contributed by atoms with van der Waals surface area (Å²) in [6.07, 6.45) is 2.74. The second-order valence-electron chi connectivity index (χ2n) is 4.84. The van der Waals surface area contributed by atoms with Gasteiger partial charge in [-0.25, -0.2) is 0 Å². The lowest BCUT2D eigenvalue weighted by atomic mass is 10.1. The fourth-order valence-corrected chi connectivity index (χ4v) is 3.66. The van der Waals surface area contributed by atoms with Crippen molar-refractivity contribution in [3.8, 4) is 0 Å². The van der Waals surface area contributed by atoms with E-state index in [4.69, 9.17) is 0 Å². The van der Waals surface area contributed by atoms with Gasteiger partial charge < -0.3 is 10.6 Å². The van der Waals surface area contributed by atoms with Gasteiger partial charge in [-0.3, -0.25) is 4.79 Å². The van der Waals surface area contributed by atoms with Crippen molar-refractivity contribution in [2.45, 2.75) is 29.9 Å². The number of carbonyl (C=O) groups excluding carboxylic acids is 1. The van der Waals surface area contributed by atoms with Gasteiger partial charge in [0.05, 0.1) is 5.25 Å². The standard InChI is InChI=1S/C16H20N4OS2/c1-4-10-17-15-19-20-16(23-15)22-11(3)14(21)18-13-8-6-12(5-2)7-9-13/h4,6-9,11H,1,5,10H2,2-3H3,(H,17,19)(H,18,21)/t11-/m1/s1. The molecule has 0 fully saturated rings. The summed E-state index contributed by atoms with van der Waals surface area (Å²) < 4.78 is 0.764. The normalized spacial score (nSPS) is 11.7. The third-order valence-corrected chi connectivity index (χ3v) is 5.15. The van der Waals surface area contributed by atoms with Gasteiger partial charge in [-0.15, -0.1) is 16.8 Å². The van der Waals surface area contributed by atoms with Crippen LogP contribution in [-0.4, -0.2) is 27.9 Å². The summed E-state index contributed by atoms with van der Waals surface area (Å²) in [5.41, 5.74) is 2.06. The molecular weight excluding hydrogens is 328 g/mol. The van der Waals surface area contributed by atoms with Gasteiger partial charge in [-0.1, -0.05) is 48.2 Å². The van der Waals surface area contributed by atoms with Crippen molar-refractivity contribution in [2.75, 3.05) is 17.2 Å². The first-order valence-electron chi connectivity index (χ1n) is 7.37. The van der Waals surface area contributed by atoms with Crippen LogP contribution < -0.4 is 10.6 Å². The van der Waals surface area contributed by atoms with E-state index in [1.165, 1.54) is 28.7 Å². The number of nitrogens with one attached hydrogen (secondary N) is 2. The summed E-state index contributed by atoms with van der Waals surface area (Å²) in [4.78, 5) is 12.2. The molecule has 0 radical (unpaired) electrons. The number of hydrogen-bond acceptors (Lipinski definition) is 6. The Morgan fingerprint density at radius 1 is 1.39 bits per heavy atom. The predicted molar refractivity (Wildman–Crippen MR) is 98.4 cm³/mol. The number of rotatable bonds is 8. The molecule has 122 valence electrons. The SMILES string of the molecule is C=CCNc1nnc(S[C@H](C)C(=O)Nc2ccc(CC)cc2)s1. The second-order valence-corrected chi connectivity index (χ2v) is 7.41. The minimum atomic E-state index is -0.249. The smallest absolute Gasteiger partial charge is 0.237 e. The maximum absolute atomic E-state index is 12.2. The average Bonchev–Trinajstić information content (AvgIpc) is 3.01. The molecule has 7 heteroatoms. The molecule has 1 heterocycles. The molecule has 1 amide bonds. The van der Waals surface area contributed by atoms with Crippen LogP contribution in [0.2, 0.25) is 0 Å². The number of benzene rings is 1. The van der Waals surface area contributed by atoms with E-state index in [1.807, 2.05) is 31.2 Å². The Labute approximate surface area is 144 Å². The Bertz CT molecular complexity index is 654. The van der Waals surface area contributed by atoms with Gasteiger partial charge in [-0.05, 0) is 31.0 Å². The van der Waals surface area contributed by atoms with Crippen LogP contribution >= 0.6 is 23.1 Å². The summed E-state index contributed by atoms with van der Waals surface area (Å²) in [5.74, 6) is -0.0463. The first kappa shape index (κ1) is 17.5. The number of aromatic nitrogens is 2. The van der Waals surface area contributed by atoms with E-state index in [9.17, 15) is 4.79 Å². The quantitative estimate of drug-likeness (QED) is 0.561. The summed E-state index contributed by atoms with van der Waals surface area (Å²) in [6.45, 7) is 8.25. The highest BCUT2D eigenvalue weighted by molar-refractivity contribution is 8.02. The van der Waals surface area contributed by atoms with E-state index in [-0.39, 0.29) is 11.2 Å². The lowest BCUT2D eigenvalue weighted by Gasteiger charge is -2.10. The van der Waals surface area contributed by atoms with Crippen molar-refractivity contribution in [1.29, 1.82) is 0 Å². The van der Waals surface area contributed by atoms with Crippen LogP contribution in [-0.2, 0) is 11.2 Å². The number of thioether (sulfide) groups is 1. The van der Waals surface area contributed by atoms with Crippen molar-refractivity contribution < 1.29 is 4.79 Å². The first-order valence-corrected chi connectivity index (χ1v) is 9.06. The Morgan fingerprint density at radius 2 is 2.13 bits per heavy atom. The summed E-state index contributed by atoms with van der Waals surface area (Å²) in [7, 11) is 0. The van der Waals surface area contributed by atoms with Gasteiger partial charge >= 0.3 is 0 Å². The lowest BCUT2D eigenvalue weighted by molar-refractivity contribution is -0.115. The van der Waals surface area contributed by atoms with E-state index in [2.05, 4.69) is 34.3 Å². The van der Waals surface area contributed by atoms with Crippen molar-refractivity contribution in [3.05, 3.63) is 42.5 Å². The van der Waals surface area contributed by atoms with Crippen LogP contribution in [0.25, 0.3) is 0 Å². The van der Waals surface area contributed by atoms with E-state index in [1.54, 1.807) is 6.08 Å². The molecule has 1 atom stereocenters. The molecule has 0 saturated carbocycles. The minimum Gasteiger partial charge on any atom is -0.357 e. The molecule has 0 bridgehead atoms. The molecule has 0 aliphatic heterocycles. The zero-order valence-corrected chi connectivity index (χ0v) is 14.8. The van der Waals surface area contributed by atoms with Crippen LogP contribution in [0.15, 0.2) is 41.3 Å². The van der Waals surface area contributed by atoms with Crippen molar-refractivity contribution >= 4 is 39.8 Å². The first-order chi connectivity index (χ1) is 11.1. The van der Waals surface area contributed by atoms with E-state index in [0.717, 1.165) is 21.6 Å². The number of amides is 1. The Balaban J connectivity index is 1.88. The zero-order valence-electron chi connectivity index (χ0n) is 13.2. The fraction of sp³-hybridized carbons (Fsp3) is 0.312. The van der Waals surface area contributed by atoms with Crippen LogP contribution in [0.4, 0.5) is 10.8 Å². The van der Waals surface area contributed by atoms with Crippen LogP contribution in [0, 0.1) is 0 Å². The number of hydrogen-bond donors (Lipinski definition) is 2. The highest BCUT2D eigenvalue weighted by Gasteiger charge is 2.17. The van der Waals surface area contributed by atoms with Crippen LogP contribution in [0.1, 0.15) is 19.4 Å². The number of anilines is 2. The van der Waals surface area contributed by atoms with Crippen molar-refractivity contribution in [2.24, 2.45) is 0 Å². The minimum absolute atomic E-state index is 0.0463. The molecule has 5 nitrogen and oxygen atoms in total. The van der Waals surface area contributed by atoms with E-state index in [0.29, 0.717) is 6.54 Å². The van der Waals surface area contributed by atoms with Crippen LogP contribution in [0.5, 0.6) is 0 Å². The molecule has 0 unspecified atom stereocenters. The third-order valence-electron chi connectivity index (χ3n) is 3.08. The number of nitrogens with zero attached hydrogens (tertiary/aromatic N) is 2. The Kier molecular flexibility index (Phi) is 6.61. The molecule has 0 spiro atoms. The van der Waals surface area contributed by atoms with Gasteiger partial charge in [0.15, 0.2) is 4.34 Å². The topological polar surface area (TPSA) is 66.9 Å². The van der Waals surface area contributed by atoms with E-state index >= 15 is 0 Å². The molecule has 1 aromatic heterocycles. The van der Waals surface area contributed by atoms with Gasteiger partial charge in [0.1, 0.15) is 0 Å². The van der Waals surface area contributed by atoms with E-state index < -0.39 is 0 Å². The highest BCUT2D eigenvalue weighted by atomic mass is 32.2. The Morgan fingerprint density at radius 3 is 2.78 bits per heavy atom. The molecule has 2 rings (SSSR count). The molecule has 0 saturated heterocycles. The molecule has 23 heavy (non-hydrogen) atoms. The molecule has 2 N–H and O–H groups in total. The van der Waals surface area contributed by atoms with Gasteiger partial charge in [-0.2, -0.15) is 0 Å². The Hall–Kier alpha value is -1.86. The largest absolute Gasteiger partial charge is 0.357 e. The van der Waals surface area contributed by atoms with Crippen molar-refractivity contribution in [1.82, 2.24) is 10.2 Å². The number of carbonyl (C=O) groups is 1. The highest BCUT2D eigenvalue weighted by Crippen LogP contribution is 2.29. The average molecular weight is 348 g/mol. The third kappa shape index (κ3) is 5.37. The fourth-order valence-electron chi connectivity index (χ4n) is 1.76. The number of aryl methyl sites for hydroxylation is 1. The van der Waals surface area contributed by atoms with Gasteiger partial charge in [0.2, 0.25) is 11.0 Å². The molecular formula is C16H20N4OS2. The molecule has 2 aromatic rings. The van der Waals surface area contributed by atoms with Crippen molar-refractivity contribution in [3.63, 3.8) is 0 Å². The maximum atomic E-state index is 12.2. The van der Waals surface area contributed by atoms with Crippen LogP contribution in [0.3, 0.4) is 0 Å². The van der Waals surface area contributed by atoms with Gasteiger partial charge in [0.25, 0.3) is 0 Å². The molecule has 0 aliphatic carbocycles. The summed E-state index contributed by atoms with van der Waals surface area (Å²) >= 11 is 2.83. The predicted octanol–water partition coefficient (Wildman–Crippen LogP) is 3.82. The summed E-state index contributed by atoms with van der Waals surface area (Å²) in [5, 5.41) is 14.6. The maximum Gasteiger partial charge on any atom is 0.237 e. The monoisotopic (exact) mass is 348 g/mol. The second kappa shape index (κ2) is 8.69.